The minimum atomic E-state index is -0.610. The fourth-order valence-electron chi connectivity index (χ4n) is 2.72. The minimum Gasteiger partial charge on any atom is -0.298 e. The number of ketones is 1. The molecule has 0 N–H and O–H groups in total. The molecule has 0 radical (unpaired) electrons. The van der Waals surface area contributed by atoms with E-state index in [1.165, 1.54) is 0 Å². The molecule has 2 aromatic carbocycles. The lowest BCUT2D eigenvalue weighted by Crippen LogP contribution is -2.41. The zero-order valence-corrected chi connectivity index (χ0v) is 12.7. The topological polar surface area (TPSA) is 17.1 Å². The summed E-state index contributed by atoms with van der Waals surface area (Å²) in [7, 11) is 0. The van der Waals surface area contributed by atoms with Crippen LogP contribution >= 0.6 is 0 Å². The second-order valence-electron chi connectivity index (χ2n) is 6.44. The Labute approximate surface area is 121 Å². The Hall–Kier alpha value is -1.89. The van der Waals surface area contributed by atoms with Gasteiger partial charge in [0.05, 0.1) is 5.41 Å². The Balaban J connectivity index is 2.65. The van der Waals surface area contributed by atoms with Gasteiger partial charge in [-0.25, -0.2) is 0 Å². The minimum absolute atomic E-state index is 0.238. The van der Waals surface area contributed by atoms with Gasteiger partial charge in [0.2, 0.25) is 0 Å². The molecule has 0 amide bonds. The molecule has 0 spiro atoms. The van der Waals surface area contributed by atoms with Crippen LogP contribution in [0.1, 0.15) is 38.8 Å². The van der Waals surface area contributed by atoms with Crippen LogP contribution in [0.3, 0.4) is 0 Å². The Bertz CT molecular complexity index is 537. The Morgan fingerprint density at radius 1 is 0.700 bits per heavy atom. The summed E-state index contributed by atoms with van der Waals surface area (Å²) < 4.78 is 0. The summed E-state index contributed by atoms with van der Waals surface area (Å²) in [5.41, 5.74) is 1.10. The molecule has 0 saturated carbocycles. The van der Waals surface area contributed by atoms with Crippen LogP contribution in [-0.2, 0) is 10.2 Å². The van der Waals surface area contributed by atoms with Gasteiger partial charge in [0.15, 0.2) is 5.78 Å². The van der Waals surface area contributed by atoms with Crippen molar-refractivity contribution in [2.24, 2.45) is 5.41 Å². The van der Waals surface area contributed by atoms with Crippen molar-refractivity contribution >= 4 is 5.78 Å². The van der Waals surface area contributed by atoms with Crippen LogP contribution in [0.25, 0.3) is 0 Å². The van der Waals surface area contributed by atoms with Gasteiger partial charge in [-0.3, -0.25) is 4.79 Å². The van der Waals surface area contributed by atoms with Gasteiger partial charge < -0.3 is 0 Å². The molecule has 2 aromatic rings. The van der Waals surface area contributed by atoms with Crippen LogP contribution in [0, 0.1) is 5.41 Å². The molecule has 0 saturated heterocycles. The molecule has 0 unspecified atom stereocenters. The number of hydrogen-bond acceptors (Lipinski definition) is 1. The zero-order valence-electron chi connectivity index (χ0n) is 12.7. The van der Waals surface area contributed by atoms with Crippen LogP contribution in [0.2, 0.25) is 0 Å². The Morgan fingerprint density at radius 2 is 1.05 bits per heavy atom. The molecule has 0 aliphatic heterocycles. The van der Waals surface area contributed by atoms with Crippen LogP contribution in [-0.4, -0.2) is 5.78 Å². The fraction of sp³-hybridized carbons (Fsp3) is 0.316. The number of carbonyl (C=O) groups excluding carboxylic acids is 1. The molecule has 1 nitrogen and oxygen atoms in total. The highest BCUT2D eigenvalue weighted by Crippen LogP contribution is 2.38. The highest BCUT2D eigenvalue weighted by Gasteiger charge is 2.42. The molecule has 20 heavy (non-hydrogen) atoms. The van der Waals surface area contributed by atoms with E-state index in [1.807, 2.05) is 88.4 Å². The largest absolute Gasteiger partial charge is 0.298 e. The molecule has 2 rings (SSSR count). The molecular formula is C19H22O. The lowest BCUT2D eigenvalue weighted by Gasteiger charge is -2.35. The van der Waals surface area contributed by atoms with Gasteiger partial charge in [0.1, 0.15) is 0 Å². The van der Waals surface area contributed by atoms with Crippen LogP contribution in [0.15, 0.2) is 60.7 Å². The Morgan fingerprint density at radius 3 is 1.35 bits per heavy atom. The smallest absolute Gasteiger partial charge is 0.152 e. The lowest BCUT2D eigenvalue weighted by atomic mass is 9.66. The summed E-state index contributed by atoms with van der Waals surface area (Å²) in [5, 5.41) is 0. The number of rotatable bonds is 3. The van der Waals surface area contributed by atoms with Gasteiger partial charge in [0.25, 0.3) is 0 Å². The third-order valence-corrected chi connectivity index (χ3v) is 3.84. The van der Waals surface area contributed by atoms with Gasteiger partial charge in [-0.2, -0.15) is 0 Å². The van der Waals surface area contributed by atoms with Gasteiger partial charge >= 0.3 is 0 Å². The van der Waals surface area contributed by atoms with Gasteiger partial charge in [0, 0.05) is 5.41 Å². The second kappa shape index (κ2) is 5.24. The van der Waals surface area contributed by atoms with Crippen molar-refractivity contribution < 1.29 is 4.79 Å². The number of benzene rings is 2. The summed E-state index contributed by atoms with van der Waals surface area (Å²) in [4.78, 5) is 13.1. The normalized spacial score (nSPS) is 12.2. The van der Waals surface area contributed by atoms with E-state index < -0.39 is 5.41 Å². The number of Topliss-reactive ketones (excluding diaryl/α,β-unsaturated/α-hetero) is 1. The van der Waals surface area contributed by atoms with Crippen LogP contribution < -0.4 is 0 Å². The first kappa shape index (κ1) is 14.5. The maximum atomic E-state index is 13.1. The number of carbonyl (C=O) groups is 1. The summed E-state index contributed by atoms with van der Waals surface area (Å²) in [6.45, 7) is 7.99. The third kappa shape index (κ3) is 2.53. The molecule has 0 atom stereocenters. The first-order valence-corrected chi connectivity index (χ1v) is 7.03. The summed E-state index contributed by atoms with van der Waals surface area (Å²) in [5.74, 6) is 0.238. The van der Waals surface area contributed by atoms with Crippen LogP contribution in [0.5, 0.6) is 0 Å². The molecule has 0 aromatic heterocycles. The maximum absolute atomic E-state index is 13.1. The molecular weight excluding hydrogens is 244 g/mol. The molecule has 104 valence electrons. The van der Waals surface area contributed by atoms with E-state index in [0.717, 1.165) is 11.1 Å². The first-order valence-electron chi connectivity index (χ1n) is 7.03. The van der Waals surface area contributed by atoms with Crippen LogP contribution in [0.4, 0.5) is 0 Å². The molecule has 0 aliphatic rings. The SMILES string of the molecule is CC(C)(C)C(=O)C(C)(c1ccccc1)c1ccccc1. The van der Waals surface area contributed by atoms with Crippen molar-refractivity contribution in [3.63, 3.8) is 0 Å². The number of hydrogen-bond donors (Lipinski definition) is 0. The quantitative estimate of drug-likeness (QED) is 0.793. The molecule has 0 fully saturated rings. The van der Waals surface area contributed by atoms with Crippen molar-refractivity contribution in [3.05, 3.63) is 71.8 Å². The predicted octanol–water partition coefficient (Wildman–Crippen LogP) is 4.61. The molecule has 0 aliphatic carbocycles. The summed E-state index contributed by atoms with van der Waals surface area (Å²) >= 11 is 0. The average molecular weight is 266 g/mol. The highest BCUT2D eigenvalue weighted by molar-refractivity contribution is 5.97. The van der Waals surface area contributed by atoms with Crippen molar-refractivity contribution in [1.29, 1.82) is 0 Å². The summed E-state index contributed by atoms with van der Waals surface area (Å²) in [6, 6.07) is 20.1. The second-order valence-corrected chi connectivity index (χ2v) is 6.44. The maximum Gasteiger partial charge on any atom is 0.152 e. The standard InChI is InChI=1S/C19H22O/c1-18(2,3)17(20)19(4,15-11-7-5-8-12-15)16-13-9-6-10-14-16/h5-14H,1-4H3. The van der Waals surface area contributed by atoms with E-state index in [2.05, 4.69) is 0 Å². The highest BCUT2D eigenvalue weighted by atomic mass is 16.1. The van der Waals surface area contributed by atoms with Crippen molar-refractivity contribution in [1.82, 2.24) is 0 Å². The average Bonchev–Trinajstić information content (AvgIpc) is 2.46. The van der Waals surface area contributed by atoms with E-state index >= 15 is 0 Å². The van der Waals surface area contributed by atoms with Crippen molar-refractivity contribution in [2.45, 2.75) is 33.1 Å². The van der Waals surface area contributed by atoms with E-state index in [9.17, 15) is 4.79 Å². The fourth-order valence-corrected chi connectivity index (χ4v) is 2.72. The lowest BCUT2D eigenvalue weighted by molar-refractivity contribution is -0.130. The zero-order chi connectivity index (χ0) is 14.8. The van der Waals surface area contributed by atoms with E-state index in [-0.39, 0.29) is 11.2 Å². The monoisotopic (exact) mass is 266 g/mol. The predicted molar refractivity (Wildman–Crippen MR) is 83.8 cm³/mol. The van der Waals surface area contributed by atoms with E-state index in [1.54, 1.807) is 0 Å². The molecule has 1 heteroatoms. The molecule has 0 bridgehead atoms. The van der Waals surface area contributed by atoms with Crippen molar-refractivity contribution in [3.8, 4) is 0 Å². The van der Waals surface area contributed by atoms with Crippen molar-refractivity contribution in [2.75, 3.05) is 0 Å². The molecule has 0 heterocycles. The van der Waals surface area contributed by atoms with E-state index in [0.29, 0.717) is 0 Å². The van der Waals surface area contributed by atoms with Gasteiger partial charge in [-0.1, -0.05) is 81.4 Å². The first-order chi connectivity index (χ1) is 9.37. The van der Waals surface area contributed by atoms with E-state index in [4.69, 9.17) is 0 Å². The Kier molecular flexibility index (Phi) is 3.80. The third-order valence-electron chi connectivity index (χ3n) is 3.84. The van der Waals surface area contributed by atoms with Gasteiger partial charge in [-0.05, 0) is 18.1 Å². The van der Waals surface area contributed by atoms with Gasteiger partial charge in [-0.15, -0.1) is 0 Å². The summed E-state index contributed by atoms with van der Waals surface area (Å²) in [6.07, 6.45) is 0.